The first-order chi connectivity index (χ1) is 8.13. The number of aromatic nitrogens is 3. The number of nitrogens with zero attached hydrogens (tertiary/aromatic N) is 2. The first kappa shape index (κ1) is 13.0. The fourth-order valence-electron chi connectivity index (χ4n) is 1.63. The van der Waals surface area contributed by atoms with Gasteiger partial charge in [-0.2, -0.15) is 5.10 Å². The molecule has 1 aromatic heterocycles. The summed E-state index contributed by atoms with van der Waals surface area (Å²) in [6.45, 7) is 2.12. The maximum Gasteiger partial charge on any atom is 0.199 e. The molecule has 1 aromatic carbocycles. The molecule has 0 aliphatic carbocycles. The van der Waals surface area contributed by atoms with Gasteiger partial charge in [-0.05, 0) is 52.8 Å². The van der Waals surface area contributed by atoms with Crippen molar-refractivity contribution in [1.29, 1.82) is 0 Å². The van der Waals surface area contributed by atoms with Gasteiger partial charge in [0.25, 0.3) is 0 Å². The Balaban J connectivity index is 2.59. The van der Waals surface area contributed by atoms with Crippen molar-refractivity contribution in [2.45, 2.75) is 19.8 Å². The lowest BCUT2D eigenvalue weighted by Crippen LogP contribution is -2.02. The van der Waals surface area contributed by atoms with E-state index in [1.54, 1.807) is 0 Å². The second-order valence-electron chi connectivity index (χ2n) is 3.63. The molecule has 0 amide bonds. The molecule has 1 N–H and O–H groups in total. The van der Waals surface area contributed by atoms with Gasteiger partial charge < -0.3 is 0 Å². The number of halogens is 2. The van der Waals surface area contributed by atoms with Gasteiger partial charge in [0.15, 0.2) is 4.77 Å². The number of benzene rings is 1. The Morgan fingerprint density at radius 3 is 2.82 bits per heavy atom. The van der Waals surface area contributed by atoms with E-state index in [-0.39, 0.29) is 0 Å². The molecule has 2 rings (SSSR count). The van der Waals surface area contributed by atoms with Gasteiger partial charge in [-0.15, -0.1) is 0 Å². The van der Waals surface area contributed by atoms with Crippen molar-refractivity contribution in [2.24, 2.45) is 0 Å². The molecule has 2 aromatic rings. The van der Waals surface area contributed by atoms with Crippen LogP contribution < -0.4 is 0 Å². The van der Waals surface area contributed by atoms with E-state index in [2.05, 4.69) is 49.0 Å². The third kappa shape index (κ3) is 2.69. The zero-order chi connectivity index (χ0) is 12.4. The predicted molar refractivity (Wildman–Crippen MR) is 78.1 cm³/mol. The summed E-state index contributed by atoms with van der Waals surface area (Å²) in [7, 11) is 0. The largest absolute Gasteiger partial charge is 0.271 e. The highest BCUT2D eigenvalue weighted by Crippen LogP contribution is 2.26. The molecule has 0 fully saturated rings. The molecule has 0 aliphatic heterocycles. The summed E-state index contributed by atoms with van der Waals surface area (Å²) >= 11 is 12.3. The van der Waals surface area contributed by atoms with E-state index in [9.17, 15) is 0 Å². The van der Waals surface area contributed by atoms with Gasteiger partial charge in [0, 0.05) is 15.4 Å². The number of H-pyrrole nitrogens is 1. The summed E-state index contributed by atoms with van der Waals surface area (Å²) < 4.78 is 4.61. The highest BCUT2D eigenvalue weighted by atomic mass is 79.9. The van der Waals surface area contributed by atoms with Crippen LogP contribution in [0.1, 0.15) is 19.2 Å². The fourth-order valence-corrected chi connectivity index (χ4v) is 3.11. The maximum atomic E-state index is 5.27. The molecule has 0 atom stereocenters. The van der Waals surface area contributed by atoms with Crippen LogP contribution in [0.25, 0.3) is 5.69 Å². The lowest BCUT2D eigenvalue weighted by molar-refractivity contribution is 0.800. The van der Waals surface area contributed by atoms with Gasteiger partial charge >= 0.3 is 0 Å². The molecular weight excluding hydrogens is 366 g/mol. The average Bonchev–Trinajstić information content (AvgIpc) is 2.62. The molecule has 6 heteroatoms. The summed E-state index contributed by atoms with van der Waals surface area (Å²) in [6.07, 6.45) is 1.93. The molecule has 0 unspecified atom stereocenters. The quantitative estimate of drug-likeness (QED) is 0.805. The van der Waals surface area contributed by atoms with E-state index in [0.717, 1.165) is 33.3 Å². The number of rotatable bonds is 3. The molecule has 0 spiro atoms. The number of nitrogens with one attached hydrogen (secondary N) is 1. The first-order valence-corrected chi connectivity index (χ1v) is 7.24. The van der Waals surface area contributed by atoms with Crippen LogP contribution >= 0.6 is 44.1 Å². The van der Waals surface area contributed by atoms with E-state index < -0.39 is 0 Å². The molecular formula is C11H11Br2N3S. The Morgan fingerprint density at radius 2 is 2.18 bits per heavy atom. The molecule has 90 valence electrons. The van der Waals surface area contributed by atoms with Crippen LogP contribution in [0, 0.1) is 4.77 Å². The predicted octanol–water partition coefficient (Wildman–Crippen LogP) is 4.41. The fraction of sp³-hybridized carbons (Fsp3) is 0.273. The summed E-state index contributed by atoms with van der Waals surface area (Å²) in [5.74, 6) is 0.959. The number of aromatic amines is 1. The van der Waals surface area contributed by atoms with Crippen LogP contribution in [-0.4, -0.2) is 14.8 Å². The summed E-state index contributed by atoms with van der Waals surface area (Å²) in [4.78, 5) is 0. The van der Waals surface area contributed by atoms with E-state index in [0.29, 0.717) is 4.77 Å². The van der Waals surface area contributed by atoms with Crippen LogP contribution in [0.2, 0.25) is 0 Å². The second-order valence-corrected chi connectivity index (χ2v) is 5.78. The third-order valence-electron chi connectivity index (χ3n) is 2.37. The molecule has 0 bridgehead atoms. The third-order valence-corrected chi connectivity index (χ3v) is 3.77. The van der Waals surface area contributed by atoms with Crippen molar-refractivity contribution in [1.82, 2.24) is 14.8 Å². The van der Waals surface area contributed by atoms with E-state index in [4.69, 9.17) is 12.2 Å². The molecule has 0 aliphatic rings. The lowest BCUT2D eigenvalue weighted by Gasteiger charge is -2.08. The average molecular weight is 377 g/mol. The molecule has 3 nitrogen and oxygen atoms in total. The molecule has 0 saturated heterocycles. The normalized spacial score (nSPS) is 10.8. The van der Waals surface area contributed by atoms with E-state index in [1.807, 2.05) is 22.8 Å². The van der Waals surface area contributed by atoms with Crippen LogP contribution in [-0.2, 0) is 6.42 Å². The Bertz CT molecular complexity index is 589. The van der Waals surface area contributed by atoms with Gasteiger partial charge in [-0.3, -0.25) is 9.67 Å². The summed E-state index contributed by atoms with van der Waals surface area (Å²) in [6, 6.07) is 6.00. The molecule has 0 radical (unpaired) electrons. The van der Waals surface area contributed by atoms with Crippen molar-refractivity contribution in [2.75, 3.05) is 0 Å². The minimum Gasteiger partial charge on any atom is -0.271 e. The first-order valence-electron chi connectivity index (χ1n) is 5.25. The van der Waals surface area contributed by atoms with Crippen LogP contribution in [0.15, 0.2) is 27.1 Å². The van der Waals surface area contributed by atoms with Crippen molar-refractivity contribution in [3.8, 4) is 5.69 Å². The van der Waals surface area contributed by atoms with Crippen molar-refractivity contribution in [3.05, 3.63) is 37.7 Å². The Morgan fingerprint density at radius 1 is 1.41 bits per heavy atom. The Hall–Kier alpha value is -0.460. The summed E-state index contributed by atoms with van der Waals surface area (Å²) in [5, 5.41) is 7.10. The van der Waals surface area contributed by atoms with Gasteiger partial charge in [0.05, 0.1) is 5.69 Å². The monoisotopic (exact) mass is 375 g/mol. The highest BCUT2D eigenvalue weighted by Gasteiger charge is 2.10. The van der Waals surface area contributed by atoms with Crippen molar-refractivity contribution < 1.29 is 0 Å². The minimum atomic E-state index is 0.622. The van der Waals surface area contributed by atoms with Gasteiger partial charge in [-0.1, -0.05) is 22.9 Å². The van der Waals surface area contributed by atoms with Crippen molar-refractivity contribution >= 4 is 44.1 Å². The maximum absolute atomic E-state index is 5.27. The zero-order valence-electron chi connectivity index (χ0n) is 9.20. The summed E-state index contributed by atoms with van der Waals surface area (Å²) in [5.41, 5.74) is 1.01. The standard InChI is InChI=1S/C11H11Br2N3S/c1-2-3-10-14-15-11(17)16(10)9-5-4-7(12)6-8(9)13/h4-6H,2-3H2,1H3,(H,15,17). The number of aryl methyl sites for hydroxylation is 1. The lowest BCUT2D eigenvalue weighted by atomic mass is 10.3. The van der Waals surface area contributed by atoms with E-state index in [1.165, 1.54) is 0 Å². The second kappa shape index (κ2) is 5.46. The Kier molecular flexibility index (Phi) is 4.17. The van der Waals surface area contributed by atoms with Crippen LogP contribution in [0.5, 0.6) is 0 Å². The minimum absolute atomic E-state index is 0.622. The number of hydrogen-bond acceptors (Lipinski definition) is 2. The smallest absolute Gasteiger partial charge is 0.199 e. The SMILES string of the molecule is CCCc1n[nH]c(=S)n1-c1ccc(Br)cc1Br. The highest BCUT2D eigenvalue weighted by molar-refractivity contribution is 9.11. The van der Waals surface area contributed by atoms with Gasteiger partial charge in [0.2, 0.25) is 0 Å². The molecule has 1 heterocycles. The molecule has 0 saturated carbocycles. The van der Waals surface area contributed by atoms with Crippen LogP contribution in [0.3, 0.4) is 0 Å². The van der Waals surface area contributed by atoms with Crippen molar-refractivity contribution in [3.63, 3.8) is 0 Å². The topological polar surface area (TPSA) is 33.6 Å². The van der Waals surface area contributed by atoms with E-state index >= 15 is 0 Å². The van der Waals surface area contributed by atoms with Gasteiger partial charge in [-0.25, -0.2) is 0 Å². The molecule has 17 heavy (non-hydrogen) atoms. The Labute approximate surface area is 122 Å². The van der Waals surface area contributed by atoms with Gasteiger partial charge in [0.1, 0.15) is 5.82 Å². The number of hydrogen-bond donors (Lipinski definition) is 1. The van der Waals surface area contributed by atoms with Crippen LogP contribution in [0.4, 0.5) is 0 Å². The zero-order valence-corrected chi connectivity index (χ0v) is 13.2.